The lowest BCUT2D eigenvalue weighted by atomic mass is 9.55. The van der Waals surface area contributed by atoms with Gasteiger partial charge >= 0.3 is 0 Å². The number of fused-ring (bicyclic) bond motifs is 5. The molecule has 0 unspecified atom stereocenters. The van der Waals surface area contributed by atoms with Gasteiger partial charge in [0.25, 0.3) is 0 Å². The fraction of sp³-hybridized carbons (Fsp3) is 0.611. The Labute approximate surface area is 126 Å². The van der Waals surface area contributed by atoms with E-state index in [2.05, 4.69) is 18.1 Å². The zero-order valence-corrected chi connectivity index (χ0v) is 12.7. The Morgan fingerprint density at radius 1 is 1.24 bits per heavy atom. The molecule has 0 aromatic heterocycles. The molecule has 0 amide bonds. The molecule has 3 heteroatoms. The van der Waals surface area contributed by atoms with Gasteiger partial charge in [-0.2, -0.15) is 5.10 Å². The van der Waals surface area contributed by atoms with Crippen LogP contribution >= 0.6 is 0 Å². The summed E-state index contributed by atoms with van der Waals surface area (Å²) >= 11 is 0. The number of hydrogen-bond donors (Lipinski definition) is 2. The summed E-state index contributed by atoms with van der Waals surface area (Å²) in [5, 5.41) is 13.8. The molecule has 1 aromatic rings. The second-order valence-electron chi connectivity index (χ2n) is 7.37. The molecule has 0 spiro atoms. The minimum absolute atomic E-state index is 0.240. The van der Waals surface area contributed by atoms with Crippen LogP contribution in [0.5, 0.6) is 5.75 Å². The van der Waals surface area contributed by atoms with Crippen molar-refractivity contribution < 1.29 is 5.11 Å². The number of phenols is 1. The molecule has 21 heavy (non-hydrogen) atoms. The predicted octanol–water partition coefficient (Wildman–Crippen LogP) is 3.56. The van der Waals surface area contributed by atoms with E-state index in [0.29, 0.717) is 11.7 Å². The number of rotatable bonds is 0. The summed E-state index contributed by atoms with van der Waals surface area (Å²) in [6.07, 6.45) is 7.12. The monoisotopic (exact) mass is 284 g/mol. The predicted molar refractivity (Wildman–Crippen MR) is 84.3 cm³/mol. The molecular weight excluding hydrogens is 260 g/mol. The molecule has 3 aliphatic carbocycles. The Hall–Kier alpha value is -1.51. The topological polar surface area (TPSA) is 58.6 Å². The first kappa shape index (κ1) is 13.2. The van der Waals surface area contributed by atoms with Crippen LogP contribution in [0.1, 0.15) is 56.1 Å². The van der Waals surface area contributed by atoms with E-state index in [0.717, 1.165) is 24.7 Å². The highest BCUT2D eigenvalue weighted by Gasteiger charge is 2.53. The lowest BCUT2D eigenvalue weighted by molar-refractivity contribution is 0.0955. The Morgan fingerprint density at radius 3 is 2.90 bits per heavy atom. The summed E-state index contributed by atoms with van der Waals surface area (Å²) < 4.78 is 0. The highest BCUT2D eigenvalue weighted by molar-refractivity contribution is 5.92. The van der Waals surface area contributed by atoms with Crippen LogP contribution in [0.15, 0.2) is 23.3 Å². The lowest BCUT2D eigenvalue weighted by Gasteiger charge is -2.49. The highest BCUT2D eigenvalue weighted by Crippen LogP contribution is 2.59. The Morgan fingerprint density at radius 2 is 2.10 bits per heavy atom. The van der Waals surface area contributed by atoms with Gasteiger partial charge in [-0.25, -0.2) is 0 Å². The van der Waals surface area contributed by atoms with Gasteiger partial charge in [0.05, 0.1) is 0 Å². The minimum Gasteiger partial charge on any atom is -0.508 e. The summed E-state index contributed by atoms with van der Waals surface area (Å²) in [7, 11) is 0. The van der Waals surface area contributed by atoms with E-state index >= 15 is 0 Å². The van der Waals surface area contributed by atoms with Crippen LogP contribution in [0.3, 0.4) is 0 Å². The van der Waals surface area contributed by atoms with Gasteiger partial charge in [-0.15, -0.1) is 0 Å². The summed E-state index contributed by atoms with van der Waals surface area (Å²) in [4.78, 5) is 0. The van der Waals surface area contributed by atoms with Crippen LogP contribution in [0.25, 0.3) is 0 Å². The highest BCUT2D eigenvalue weighted by atomic mass is 16.3. The standard InChI is InChI=1S/C18H24N2O/c1-18-9-8-14-13-5-3-12(21)10-11(13)2-4-15(14)16(18)6-7-17(18)20-19/h3,5,10,14-16,21H,2,4,6-9,19H2,1H3/t14-,15+,16-,18+/m1/s1. The molecule has 0 bridgehead atoms. The largest absolute Gasteiger partial charge is 0.508 e. The van der Waals surface area contributed by atoms with E-state index in [-0.39, 0.29) is 5.41 Å². The molecule has 112 valence electrons. The molecule has 4 atom stereocenters. The van der Waals surface area contributed by atoms with Gasteiger partial charge in [0.15, 0.2) is 0 Å². The van der Waals surface area contributed by atoms with Crippen molar-refractivity contribution in [2.45, 2.75) is 51.4 Å². The van der Waals surface area contributed by atoms with Gasteiger partial charge in [0.2, 0.25) is 0 Å². The van der Waals surface area contributed by atoms with Crippen molar-refractivity contribution in [3.63, 3.8) is 0 Å². The van der Waals surface area contributed by atoms with Gasteiger partial charge in [0, 0.05) is 11.1 Å². The molecule has 0 radical (unpaired) electrons. The molecule has 1 aromatic carbocycles. The molecule has 0 aliphatic heterocycles. The first-order valence-electron chi connectivity index (χ1n) is 8.22. The summed E-state index contributed by atoms with van der Waals surface area (Å²) in [5.41, 5.74) is 4.35. The average Bonchev–Trinajstić information content (AvgIpc) is 2.83. The van der Waals surface area contributed by atoms with Gasteiger partial charge in [-0.3, -0.25) is 0 Å². The first-order valence-corrected chi connectivity index (χ1v) is 8.22. The minimum atomic E-state index is 0.240. The van der Waals surface area contributed by atoms with E-state index in [9.17, 15) is 5.11 Å². The quantitative estimate of drug-likeness (QED) is 0.565. The molecular formula is C18H24N2O. The first-order chi connectivity index (χ1) is 10.1. The fourth-order valence-electron chi connectivity index (χ4n) is 5.57. The van der Waals surface area contributed by atoms with Crippen LogP contribution < -0.4 is 5.84 Å². The van der Waals surface area contributed by atoms with Crippen molar-refractivity contribution in [2.75, 3.05) is 0 Å². The van der Waals surface area contributed by atoms with E-state index in [1.165, 1.54) is 42.5 Å². The van der Waals surface area contributed by atoms with E-state index in [4.69, 9.17) is 5.84 Å². The number of aryl methyl sites for hydroxylation is 1. The number of hydrogen-bond acceptors (Lipinski definition) is 3. The normalized spacial score (nSPS) is 39.7. The van der Waals surface area contributed by atoms with Crippen molar-refractivity contribution in [1.29, 1.82) is 0 Å². The van der Waals surface area contributed by atoms with E-state index in [1.807, 2.05) is 12.1 Å². The third kappa shape index (κ3) is 1.76. The molecule has 4 rings (SSSR count). The van der Waals surface area contributed by atoms with Gasteiger partial charge < -0.3 is 10.9 Å². The lowest BCUT2D eigenvalue weighted by Crippen LogP contribution is -2.42. The number of phenolic OH excluding ortho intramolecular Hbond substituents is 1. The molecule has 3 N–H and O–H groups in total. The van der Waals surface area contributed by atoms with Gasteiger partial charge in [-0.1, -0.05) is 13.0 Å². The third-order valence-electron chi connectivity index (χ3n) is 6.61. The number of hydrazone groups is 1. The van der Waals surface area contributed by atoms with Crippen molar-refractivity contribution in [3.05, 3.63) is 29.3 Å². The van der Waals surface area contributed by atoms with Crippen molar-refractivity contribution in [1.82, 2.24) is 0 Å². The summed E-state index contributed by atoms with van der Waals surface area (Å²) in [5.74, 6) is 8.23. The van der Waals surface area contributed by atoms with Gasteiger partial charge in [0.1, 0.15) is 5.75 Å². The van der Waals surface area contributed by atoms with Gasteiger partial charge in [-0.05, 0) is 79.5 Å². The summed E-state index contributed by atoms with van der Waals surface area (Å²) in [6.45, 7) is 2.39. The number of nitrogens with zero attached hydrogens (tertiary/aromatic N) is 1. The second-order valence-corrected chi connectivity index (χ2v) is 7.37. The van der Waals surface area contributed by atoms with E-state index in [1.54, 1.807) is 0 Å². The maximum atomic E-state index is 9.71. The fourth-order valence-corrected chi connectivity index (χ4v) is 5.57. The average molecular weight is 284 g/mol. The Bertz CT molecular complexity index is 609. The van der Waals surface area contributed by atoms with Crippen LogP contribution in [-0.4, -0.2) is 10.8 Å². The maximum absolute atomic E-state index is 9.71. The molecule has 2 saturated carbocycles. The van der Waals surface area contributed by atoms with Crippen LogP contribution in [0, 0.1) is 17.3 Å². The van der Waals surface area contributed by atoms with Crippen LogP contribution in [0.2, 0.25) is 0 Å². The Balaban J connectivity index is 1.72. The Kier molecular flexibility index (Phi) is 2.82. The second kappa shape index (κ2) is 4.49. The smallest absolute Gasteiger partial charge is 0.115 e. The summed E-state index contributed by atoms with van der Waals surface area (Å²) in [6, 6.07) is 5.99. The van der Waals surface area contributed by atoms with Crippen LogP contribution in [0.4, 0.5) is 0 Å². The molecule has 3 nitrogen and oxygen atoms in total. The third-order valence-corrected chi connectivity index (χ3v) is 6.61. The zero-order valence-electron chi connectivity index (χ0n) is 12.7. The van der Waals surface area contributed by atoms with Crippen molar-refractivity contribution in [2.24, 2.45) is 28.2 Å². The number of nitrogens with two attached hydrogens (primary N) is 1. The maximum Gasteiger partial charge on any atom is 0.115 e. The zero-order chi connectivity index (χ0) is 14.6. The molecule has 2 fully saturated rings. The molecule has 0 saturated heterocycles. The number of benzene rings is 1. The SMILES string of the molecule is C[C@]12CC[C@@H]3c4ccc(O)cc4CC[C@@H]3[C@H]1CCC2=NN. The molecule has 0 heterocycles. The number of aromatic hydroxyl groups is 1. The van der Waals surface area contributed by atoms with Crippen molar-refractivity contribution >= 4 is 5.71 Å². The van der Waals surface area contributed by atoms with Crippen molar-refractivity contribution in [3.8, 4) is 5.75 Å². The van der Waals surface area contributed by atoms with Crippen LogP contribution in [-0.2, 0) is 6.42 Å². The van der Waals surface area contributed by atoms with E-state index < -0.39 is 0 Å². The molecule has 3 aliphatic rings.